The Balaban J connectivity index is 2.07. The molecule has 0 aliphatic carbocycles. The maximum Gasteiger partial charge on any atom is 0.220 e. The van der Waals surface area contributed by atoms with Gasteiger partial charge in [-0.2, -0.15) is 0 Å². The SMILES string of the molecule is CC/C=C\C/C=C\C/C=C\C/C=C\C/C=C\CCCCCCCCCCCCCCCCCCCCCCCC(=O)NC(COC1OC(CO)C(O)C(O)C1O)C(O)/C=C/CC/C=C/CCCCCCCC. The molecule has 0 aromatic rings. The molecule has 1 aliphatic heterocycles. The van der Waals surface area contributed by atoms with E-state index in [1.165, 1.54) is 161 Å². The molecule has 0 bridgehead atoms. The molecule has 7 atom stereocenters. The largest absolute Gasteiger partial charge is 0.394 e. The highest BCUT2D eigenvalue weighted by Crippen LogP contribution is 2.23. The molecule has 1 rings (SSSR count). The van der Waals surface area contributed by atoms with Crippen molar-refractivity contribution in [2.45, 2.75) is 294 Å². The number of amides is 1. The lowest BCUT2D eigenvalue weighted by Crippen LogP contribution is -2.60. The molecule has 9 heteroatoms. The third kappa shape index (κ3) is 40.7. The highest BCUT2D eigenvalue weighted by Gasteiger charge is 2.44. The van der Waals surface area contributed by atoms with Gasteiger partial charge in [0.1, 0.15) is 24.4 Å². The number of allylic oxidation sites excluding steroid dienone is 13. The van der Waals surface area contributed by atoms with Crippen molar-refractivity contribution in [3.05, 3.63) is 85.1 Å². The second-order valence-electron chi connectivity index (χ2n) is 20.4. The van der Waals surface area contributed by atoms with Crippen LogP contribution in [-0.2, 0) is 14.3 Å². The molecule has 1 aliphatic rings. The summed E-state index contributed by atoms with van der Waals surface area (Å²) >= 11 is 0. The fraction of sp³-hybridized carbons (Fsp3) is 0.762. The molecule has 9 nitrogen and oxygen atoms in total. The van der Waals surface area contributed by atoms with Crippen LogP contribution in [0.5, 0.6) is 0 Å². The van der Waals surface area contributed by atoms with Crippen molar-refractivity contribution >= 4 is 5.91 Å². The van der Waals surface area contributed by atoms with Crippen LogP contribution in [0.2, 0.25) is 0 Å². The third-order valence-corrected chi connectivity index (χ3v) is 13.7. The Morgan fingerprint density at radius 1 is 0.486 bits per heavy atom. The Hall–Kier alpha value is -2.63. The molecule has 1 fully saturated rings. The highest BCUT2D eigenvalue weighted by atomic mass is 16.7. The zero-order valence-electron chi connectivity index (χ0n) is 46.2. The second-order valence-corrected chi connectivity index (χ2v) is 20.4. The number of aliphatic hydroxyl groups is 5. The van der Waals surface area contributed by atoms with E-state index in [-0.39, 0.29) is 12.5 Å². The van der Waals surface area contributed by atoms with E-state index in [9.17, 15) is 30.3 Å². The van der Waals surface area contributed by atoms with Gasteiger partial charge >= 0.3 is 0 Å². The molecule has 1 saturated heterocycles. The standard InChI is InChI=1S/C63H111NO8/c1-3-5-7-9-11-13-15-17-18-19-20-21-22-23-24-25-26-27-28-29-30-31-32-33-34-35-36-37-38-39-40-41-43-45-47-49-51-53-59(67)64-56(55-71-63-62(70)61(69)60(68)58(54-65)72-63)57(66)52-50-48-46-44-42-16-14-12-10-8-6-4-2/h5,7,11,13,17-18,20-21,23-24,42,44,50,52,56-58,60-63,65-66,68-70H,3-4,6,8-10,12,14-16,19,22,25-41,43,45-49,51,53-55H2,1-2H3,(H,64,67)/b7-5-,13-11-,18-17-,21-20-,24-23-,44-42+,52-50+. The highest BCUT2D eigenvalue weighted by molar-refractivity contribution is 5.76. The molecule has 72 heavy (non-hydrogen) atoms. The number of carbonyl (C=O) groups excluding carboxylic acids is 1. The lowest BCUT2D eigenvalue weighted by molar-refractivity contribution is -0.302. The molecular formula is C63H111NO8. The number of hydrogen-bond donors (Lipinski definition) is 6. The summed E-state index contributed by atoms with van der Waals surface area (Å²) in [6.07, 6.45) is 66.8. The molecule has 6 N–H and O–H groups in total. The third-order valence-electron chi connectivity index (χ3n) is 13.7. The fourth-order valence-corrected chi connectivity index (χ4v) is 9.02. The van der Waals surface area contributed by atoms with Gasteiger partial charge in [0.15, 0.2) is 6.29 Å². The second kappa shape index (κ2) is 51.8. The van der Waals surface area contributed by atoms with Gasteiger partial charge in [-0.15, -0.1) is 0 Å². The molecule has 0 spiro atoms. The predicted octanol–water partition coefficient (Wildman–Crippen LogP) is 15.0. The number of ether oxygens (including phenoxy) is 2. The number of carbonyl (C=O) groups is 1. The van der Waals surface area contributed by atoms with Gasteiger partial charge in [-0.05, 0) is 77.0 Å². The minimum Gasteiger partial charge on any atom is -0.394 e. The molecule has 416 valence electrons. The molecule has 0 aromatic carbocycles. The van der Waals surface area contributed by atoms with Gasteiger partial charge in [-0.1, -0.05) is 253 Å². The van der Waals surface area contributed by atoms with Crippen LogP contribution < -0.4 is 5.32 Å². The van der Waals surface area contributed by atoms with Crippen LogP contribution in [0, 0.1) is 0 Å². The first kappa shape index (κ1) is 67.4. The van der Waals surface area contributed by atoms with Crippen molar-refractivity contribution in [1.29, 1.82) is 0 Å². The van der Waals surface area contributed by atoms with E-state index in [4.69, 9.17) is 9.47 Å². The van der Waals surface area contributed by atoms with E-state index in [1.807, 2.05) is 6.08 Å². The van der Waals surface area contributed by atoms with Gasteiger partial charge in [0.2, 0.25) is 5.91 Å². The Morgan fingerprint density at radius 3 is 1.33 bits per heavy atom. The molecule has 1 amide bonds. The average Bonchev–Trinajstić information content (AvgIpc) is 3.38. The van der Waals surface area contributed by atoms with Gasteiger partial charge in [0, 0.05) is 6.42 Å². The molecule has 0 radical (unpaired) electrons. The smallest absolute Gasteiger partial charge is 0.220 e. The lowest BCUT2D eigenvalue weighted by Gasteiger charge is -2.40. The monoisotopic (exact) mass is 1010 g/mol. The quantitative estimate of drug-likeness (QED) is 0.0261. The summed E-state index contributed by atoms with van der Waals surface area (Å²) in [7, 11) is 0. The van der Waals surface area contributed by atoms with Gasteiger partial charge in [0.05, 0.1) is 25.4 Å². The van der Waals surface area contributed by atoms with Crippen LogP contribution in [0.4, 0.5) is 0 Å². The van der Waals surface area contributed by atoms with E-state index < -0.39 is 49.5 Å². The van der Waals surface area contributed by atoms with Crippen molar-refractivity contribution in [2.24, 2.45) is 0 Å². The van der Waals surface area contributed by atoms with Crippen molar-refractivity contribution in [1.82, 2.24) is 5.32 Å². The maximum absolute atomic E-state index is 13.0. The minimum atomic E-state index is -1.57. The van der Waals surface area contributed by atoms with Crippen LogP contribution >= 0.6 is 0 Å². The number of rotatable bonds is 50. The van der Waals surface area contributed by atoms with Crippen LogP contribution in [0.15, 0.2) is 85.1 Å². The van der Waals surface area contributed by atoms with Gasteiger partial charge in [0.25, 0.3) is 0 Å². The van der Waals surface area contributed by atoms with Crippen LogP contribution in [0.1, 0.15) is 251 Å². The van der Waals surface area contributed by atoms with Crippen LogP contribution in [-0.4, -0.2) is 87.5 Å². The first-order chi connectivity index (χ1) is 35.3. The predicted molar refractivity (Wildman–Crippen MR) is 304 cm³/mol. The molecule has 0 saturated carbocycles. The fourth-order valence-electron chi connectivity index (χ4n) is 9.02. The van der Waals surface area contributed by atoms with Crippen molar-refractivity contribution in [2.75, 3.05) is 13.2 Å². The minimum absolute atomic E-state index is 0.187. The van der Waals surface area contributed by atoms with Gasteiger partial charge < -0.3 is 40.3 Å². The van der Waals surface area contributed by atoms with Gasteiger partial charge in [-0.25, -0.2) is 0 Å². The number of nitrogens with one attached hydrogen (secondary N) is 1. The van der Waals surface area contributed by atoms with Crippen molar-refractivity contribution in [3.63, 3.8) is 0 Å². The zero-order valence-corrected chi connectivity index (χ0v) is 46.2. The van der Waals surface area contributed by atoms with E-state index in [2.05, 4.69) is 92.1 Å². The summed E-state index contributed by atoms with van der Waals surface area (Å²) < 4.78 is 11.2. The summed E-state index contributed by atoms with van der Waals surface area (Å²) in [5, 5.41) is 54.3. The molecule has 1 heterocycles. The van der Waals surface area contributed by atoms with E-state index in [0.29, 0.717) is 6.42 Å². The van der Waals surface area contributed by atoms with Crippen LogP contribution in [0.3, 0.4) is 0 Å². The Morgan fingerprint density at radius 2 is 0.875 bits per heavy atom. The summed E-state index contributed by atoms with van der Waals surface area (Å²) in [6, 6.07) is -0.822. The van der Waals surface area contributed by atoms with E-state index in [1.54, 1.807) is 6.08 Å². The Bertz CT molecular complexity index is 1400. The molecular weight excluding hydrogens is 899 g/mol. The zero-order chi connectivity index (χ0) is 52.2. The normalized spacial score (nSPS) is 19.8. The Kier molecular flexibility index (Phi) is 48.5. The van der Waals surface area contributed by atoms with Gasteiger partial charge in [-0.3, -0.25) is 4.79 Å². The first-order valence-electron chi connectivity index (χ1n) is 29.8. The number of aliphatic hydroxyl groups excluding tert-OH is 5. The summed E-state index contributed by atoms with van der Waals surface area (Å²) in [4.78, 5) is 13.0. The maximum atomic E-state index is 13.0. The average molecular weight is 1010 g/mol. The first-order valence-corrected chi connectivity index (χ1v) is 29.8. The Labute approximate surface area is 441 Å². The summed E-state index contributed by atoms with van der Waals surface area (Å²) in [5.41, 5.74) is 0. The summed E-state index contributed by atoms with van der Waals surface area (Å²) in [6.45, 7) is 3.63. The van der Waals surface area contributed by atoms with E-state index >= 15 is 0 Å². The number of unbranched alkanes of at least 4 members (excludes halogenated alkanes) is 28. The lowest BCUT2D eigenvalue weighted by atomic mass is 9.99. The molecule has 0 aromatic heterocycles. The molecule has 7 unspecified atom stereocenters. The van der Waals surface area contributed by atoms with Crippen molar-refractivity contribution < 1.29 is 39.8 Å². The van der Waals surface area contributed by atoms with Crippen LogP contribution in [0.25, 0.3) is 0 Å². The number of hydrogen-bond acceptors (Lipinski definition) is 8. The van der Waals surface area contributed by atoms with E-state index in [0.717, 1.165) is 70.6 Å². The topological polar surface area (TPSA) is 149 Å². The summed E-state index contributed by atoms with van der Waals surface area (Å²) in [5.74, 6) is -0.187. The van der Waals surface area contributed by atoms with Crippen molar-refractivity contribution in [3.8, 4) is 0 Å².